The number of rotatable bonds is 7. The Hall–Kier alpha value is -3.35. The van der Waals surface area contributed by atoms with Crippen molar-refractivity contribution in [3.05, 3.63) is 54.2 Å². The van der Waals surface area contributed by atoms with Crippen LogP contribution in [0.1, 0.15) is 32.4 Å². The van der Waals surface area contributed by atoms with Gasteiger partial charge in [-0.2, -0.15) is 14.6 Å². The van der Waals surface area contributed by atoms with E-state index in [-0.39, 0.29) is 22.4 Å². The van der Waals surface area contributed by atoms with Gasteiger partial charge in [0.15, 0.2) is 0 Å². The van der Waals surface area contributed by atoms with Gasteiger partial charge in [-0.3, -0.25) is 0 Å². The van der Waals surface area contributed by atoms with E-state index in [0.29, 0.717) is 31.2 Å². The molecule has 1 aliphatic heterocycles. The molecule has 0 radical (unpaired) electrons. The van der Waals surface area contributed by atoms with Crippen molar-refractivity contribution in [3.8, 4) is 23.3 Å². The van der Waals surface area contributed by atoms with Crippen molar-refractivity contribution in [3.63, 3.8) is 0 Å². The Morgan fingerprint density at radius 2 is 1.94 bits per heavy atom. The van der Waals surface area contributed by atoms with Crippen LogP contribution in [0.4, 0.5) is 11.6 Å². The van der Waals surface area contributed by atoms with E-state index >= 15 is 0 Å². The fourth-order valence-electron chi connectivity index (χ4n) is 3.82. The number of ether oxygens (including phenoxy) is 1. The van der Waals surface area contributed by atoms with Crippen LogP contribution in [0.15, 0.2) is 57.8 Å². The first-order valence-corrected chi connectivity index (χ1v) is 12.4. The van der Waals surface area contributed by atoms with Gasteiger partial charge in [-0.1, -0.05) is 6.92 Å². The van der Waals surface area contributed by atoms with Crippen LogP contribution in [0.2, 0.25) is 0 Å². The van der Waals surface area contributed by atoms with Crippen LogP contribution >= 0.6 is 0 Å². The van der Waals surface area contributed by atoms with Crippen molar-refractivity contribution in [2.45, 2.75) is 31.6 Å². The van der Waals surface area contributed by atoms with Gasteiger partial charge in [-0.25, -0.2) is 8.42 Å². The number of nitrogens with one attached hydrogen (secondary N) is 1. The van der Waals surface area contributed by atoms with Crippen molar-refractivity contribution in [2.24, 2.45) is 5.92 Å². The molecule has 1 N–H and O–H groups in total. The number of hydrogen-bond acceptors (Lipinski definition) is 7. The highest BCUT2D eigenvalue weighted by Gasteiger charge is 2.28. The molecule has 0 spiro atoms. The van der Waals surface area contributed by atoms with E-state index in [9.17, 15) is 13.7 Å². The predicted octanol–water partition coefficient (Wildman–Crippen LogP) is 4.78. The van der Waals surface area contributed by atoms with Crippen LogP contribution in [0, 0.1) is 17.2 Å². The van der Waals surface area contributed by atoms with E-state index in [1.807, 2.05) is 37.3 Å². The zero-order valence-corrected chi connectivity index (χ0v) is 19.4. The van der Waals surface area contributed by atoms with Crippen LogP contribution in [0.5, 0.6) is 5.75 Å². The number of hydrogen-bond donors (Lipinski definition) is 1. The van der Waals surface area contributed by atoms with E-state index in [1.165, 1.54) is 0 Å². The van der Waals surface area contributed by atoms with Gasteiger partial charge in [-0.15, -0.1) is 0 Å². The Kier molecular flexibility index (Phi) is 6.67. The lowest BCUT2D eigenvalue weighted by molar-refractivity contribution is 0.281. The molecule has 0 saturated carbocycles. The summed E-state index contributed by atoms with van der Waals surface area (Å²) in [7, 11) is -3.54. The second kappa shape index (κ2) is 9.65. The molecule has 9 heteroatoms. The van der Waals surface area contributed by atoms with Crippen LogP contribution < -0.4 is 10.1 Å². The molecule has 0 aliphatic carbocycles. The second-order valence-electron chi connectivity index (χ2n) is 8.03. The van der Waals surface area contributed by atoms with Crippen LogP contribution in [-0.2, 0) is 10.0 Å². The van der Waals surface area contributed by atoms with Gasteiger partial charge in [0.2, 0.25) is 27.5 Å². The Labute approximate surface area is 193 Å². The Bertz CT molecular complexity index is 1250. The fraction of sp³-hybridized carbons (Fsp3) is 0.333. The number of piperidine rings is 1. The van der Waals surface area contributed by atoms with Crippen molar-refractivity contribution in [1.29, 1.82) is 5.26 Å². The lowest BCUT2D eigenvalue weighted by atomic mass is 10.0. The molecule has 0 unspecified atom stereocenters. The molecule has 1 fully saturated rings. The first-order chi connectivity index (χ1) is 15.9. The van der Waals surface area contributed by atoms with Crippen molar-refractivity contribution in [1.82, 2.24) is 9.29 Å². The van der Waals surface area contributed by atoms with Crippen molar-refractivity contribution < 1.29 is 17.6 Å². The summed E-state index contributed by atoms with van der Waals surface area (Å²) in [5.74, 6) is 1.55. The minimum absolute atomic E-state index is 0.109. The van der Waals surface area contributed by atoms with Crippen LogP contribution in [0.25, 0.3) is 11.5 Å². The highest BCUT2D eigenvalue weighted by Crippen LogP contribution is 2.30. The zero-order valence-electron chi connectivity index (χ0n) is 18.6. The number of nitrogens with zero attached hydrogens (tertiary/aromatic N) is 3. The van der Waals surface area contributed by atoms with Crippen molar-refractivity contribution in [2.75, 3.05) is 25.0 Å². The number of sulfonamides is 1. The molecule has 1 aliphatic rings. The van der Waals surface area contributed by atoms with Gasteiger partial charge >= 0.3 is 0 Å². The maximum absolute atomic E-state index is 13.0. The van der Waals surface area contributed by atoms with E-state index in [0.717, 1.165) is 24.3 Å². The summed E-state index contributed by atoms with van der Waals surface area (Å²) in [5, 5.41) is 12.5. The largest absolute Gasteiger partial charge is 0.494 e. The third kappa shape index (κ3) is 5.02. The van der Waals surface area contributed by atoms with Crippen LogP contribution in [-0.4, -0.2) is 37.4 Å². The van der Waals surface area contributed by atoms with Gasteiger partial charge in [0, 0.05) is 24.3 Å². The number of oxazole rings is 1. The van der Waals surface area contributed by atoms with E-state index in [1.54, 1.807) is 28.6 Å². The Morgan fingerprint density at radius 3 is 2.58 bits per heavy atom. The third-order valence-electron chi connectivity index (χ3n) is 5.52. The lowest BCUT2D eigenvalue weighted by Gasteiger charge is -2.30. The standard InChI is InChI=1S/C24H26N4O4S/c1-3-31-20-10-8-19(9-11-20)26-24-22(15-25)27-23(32-24)18-6-12-21(13-7-18)33(29,30)28-14-4-5-17(2)16-28/h6-13,17,26H,3-5,14,16H2,1-2H3/t17-/m0/s1. The van der Waals surface area contributed by atoms with E-state index in [4.69, 9.17) is 9.15 Å². The number of anilines is 2. The summed E-state index contributed by atoms with van der Waals surface area (Å²) in [6.07, 6.45) is 1.92. The molecule has 3 aromatic rings. The molecule has 1 saturated heterocycles. The molecule has 172 valence electrons. The normalized spacial score (nSPS) is 16.8. The molecular weight excluding hydrogens is 440 g/mol. The number of nitriles is 1. The number of aromatic nitrogens is 1. The molecule has 0 amide bonds. The maximum Gasteiger partial charge on any atom is 0.243 e. The lowest BCUT2D eigenvalue weighted by Crippen LogP contribution is -2.39. The average Bonchev–Trinajstić information content (AvgIpc) is 3.23. The molecule has 1 atom stereocenters. The first-order valence-electron chi connectivity index (χ1n) is 10.9. The van der Waals surface area contributed by atoms with Gasteiger partial charge in [-0.05, 0) is 74.2 Å². The fourth-order valence-corrected chi connectivity index (χ4v) is 5.42. The summed E-state index contributed by atoms with van der Waals surface area (Å²) in [6, 6.07) is 15.7. The maximum atomic E-state index is 13.0. The average molecular weight is 467 g/mol. The third-order valence-corrected chi connectivity index (χ3v) is 7.39. The molecule has 0 bridgehead atoms. The second-order valence-corrected chi connectivity index (χ2v) is 9.96. The van der Waals surface area contributed by atoms with Crippen LogP contribution in [0.3, 0.4) is 0 Å². The monoisotopic (exact) mass is 466 g/mol. The summed E-state index contributed by atoms with van der Waals surface area (Å²) in [5.41, 5.74) is 1.41. The zero-order chi connectivity index (χ0) is 23.4. The molecular formula is C24H26N4O4S. The van der Waals surface area contributed by atoms with Gasteiger partial charge in [0.05, 0.1) is 11.5 Å². The molecule has 1 aromatic heterocycles. The minimum atomic E-state index is -3.54. The summed E-state index contributed by atoms with van der Waals surface area (Å²) < 4.78 is 38.7. The predicted molar refractivity (Wildman–Crippen MR) is 125 cm³/mol. The van der Waals surface area contributed by atoms with Crippen molar-refractivity contribution >= 4 is 21.6 Å². The molecule has 8 nitrogen and oxygen atoms in total. The minimum Gasteiger partial charge on any atom is -0.494 e. The highest BCUT2D eigenvalue weighted by molar-refractivity contribution is 7.89. The SMILES string of the molecule is CCOc1ccc(Nc2oc(-c3ccc(S(=O)(=O)N4CCC[C@H](C)C4)cc3)nc2C#N)cc1. The first kappa shape index (κ1) is 22.8. The topological polar surface area (TPSA) is 108 Å². The molecule has 33 heavy (non-hydrogen) atoms. The smallest absolute Gasteiger partial charge is 0.243 e. The van der Waals surface area contributed by atoms with Gasteiger partial charge in [0.25, 0.3) is 0 Å². The van der Waals surface area contributed by atoms with E-state index in [2.05, 4.69) is 17.2 Å². The van der Waals surface area contributed by atoms with Gasteiger partial charge < -0.3 is 14.5 Å². The quantitative estimate of drug-likeness (QED) is 0.534. The summed E-state index contributed by atoms with van der Waals surface area (Å²) in [4.78, 5) is 4.50. The van der Waals surface area contributed by atoms with E-state index < -0.39 is 10.0 Å². The van der Waals surface area contributed by atoms with Gasteiger partial charge in [0.1, 0.15) is 11.8 Å². The summed E-state index contributed by atoms with van der Waals surface area (Å²) in [6.45, 7) is 5.64. The Balaban J connectivity index is 1.53. The highest BCUT2D eigenvalue weighted by atomic mass is 32.2. The Morgan fingerprint density at radius 1 is 1.21 bits per heavy atom. The molecule has 4 rings (SSSR count). The molecule has 2 aromatic carbocycles. The summed E-state index contributed by atoms with van der Waals surface area (Å²) >= 11 is 0. The number of benzene rings is 2. The molecule has 2 heterocycles.